The minimum atomic E-state index is 0.00818. The number of hydrogen-bond donors (Lipinski definition) is 2. The molecule has 0 fully saturated rings. The summed E-state index contributed by atoms with van der Waals surface area (Å²) in [4.78, 5) is 13.4. The van der Waals surface area contributed by atoms with Crippen LogP contribution in [0.4, 0.5) is 0 Å². The third-order valence-electron chi connectivity index (χ3n) is 2.47. The van der Waals surface area contributed by atoms with E-state index in [-0.39, 0.29) is 11.7 Å². The molecular formula is C13H19BrN2O2. The summed E-state index contributed by atoms with van der Waals surface area (Å²) in [6.45, 7) is 3.58. The van der Waals surface area contributed by atoms with Crippen molar-refractivity contribution in [3.63, 3.8) is 0 Å². The molecular weight excluding hydrogens is 296 g/mol. The van der Waals surface area contributed by atoms with Crippen LogP contribution in [-0.4, -0.2) is 36.1 Å². The Morgan fingerprint density at radius 1 is 1.50 bits per heavy atom. The van der Waals surface area contributed by atoms with Crippen LogP contribution in [0.5, 0.6) is 5.75 Å². The van der Waals surface area contributed by atoms with Gasteiger partial charge in [0, 0.05) is 23.1 Å². The van der Waals surface area contributed by atoms with Crippen LogP contribution in [0.3, 0.4) is 0 Å². The molecule has 0 spiro atoms. The number of halogens is 1. The minimum Gasteiger partial charge on any atom is -0.508 e. The first kappa shape index (κ1) is 15.0. The fourth-order valence-corrected chi connectivity index (χ4v) is 2.00. The highest BCUT2D eigenvalue weighted by Gasteiger charge is 2.09. The number of phenols is 1. The van der Waals surface area contributed by atoms with Gasteiger partial charge < -0.3 is 10.4 Å². The highest BCUT2D eigenvalue weighted by Crippen LogP contribution is 2.22. The molecule has 0 aliphatic heterocycles. The maximum atomic E-state index is 11.5. The zero-order valence-corrected chi connectivity index (χ0v) is 12.3. The molecule has 0 unspecified atom stereocenters. The third-order valence-corrected chi connectivity index (χ3v) is 2.96. The normalized spacial score (nSPS) is 10.7. The van der Waals surface area contributed by atoms with Crippen molar-refractivity contribution in [2.45, 2.75) is 19.9 Å². The first-order valence-corrected chi connectivity index (χ1v) is 6.75. The van der Waals surface area contributed by atoms with Crippen molar-refractivity contribution in [2.24, 2.45) is 0 Å². The van der Waals surface area contributed by atoms with Gasteiger partial charge in [-0.25, -0.2) is 0 Å². The first-order valence-electron chi connectivity index (χ1n) is 5.95. The fraction of sp³-hybridized carbons (Fsp3) is 0.462. The quantitative estimate of drug-likeness (QED) is 0.845. The summed E-state index contributed by atoms with van der Waals surface area (Å²) in [6, 6.07) is 5.28. The summed E-state index contributed by atoms with van der Waals surface area (Å²) >= 11 is 3.36. The van der Waals surface area contributed by atoms with Gasteiger partial charge in [0.15, 0.2) is 0 Å². The van der Waals surface area contributed by atoms with Crippen molar-refractivity contribution in [2.75, 3.05) is 20.1 Å². The van der Waals surface area contributed by atoms with E-state index in [4.69, 9.17) is 0 Å². The number of phenolic OH excluding ortho intramolecular Hbond substituents is 1. The summed E-state index contributed by atoms with van der Waals surface area (Å²) in [7, 11) is 1.85. The number of carbonyl (C=O) groups excluding carboxylic acids is 1. The molecule has 5 heteroatoms. The molecule has 0 heterocycles. The van der Waals surface area contributed by atoms with Crippen LogP contribution in [-0.2, 0) is 11.3 Å². The van der Waals surface area contributed by atoms with Gasteiger partial charge in [0.05, 0.1) is 6.54 Å². The number of nitrogens with zero attached hydrogens (tertiary/aromatic N) is 1. The Kier molecular flexibility index (Phi) is 6.15. The van der Waals surface area contributed by atoms with Gasteiger partial charge >= 0.3 is 0 Å². The molecule has 0 radical (unpaired) electrons. The number of amides is 1. The molecule has 1 amide bonds. The van der Waals surface area contributed by atoms with Crippen molar-refractivity contribution >= 4 is 21.8 Å². The molecule has 18 heavy (non-hydrogen) atoms. The lowest BCUT2D eigenvalue weighted by molar-refractivity contribution is -0.122. The molecule has 0 aliphatic carbocycles. The molecule has 0 aliphatic rings. The number of likely N-dealkylation sites (N-methyl/N-ethyl adjacent to an activating group) is 1. The summed E-state index contributed by atoms with van der Waals surface area (Å²) in [5, 5.41) is 12.5. The van der Waals surface area contributed by atoms with Crippen LogP contribution in [0.1, 0.15) is 18.9 Å². The molecule has 1 rings (SSSR count). The van der Waals surface area contributed by atoms with E-state index in [1.165, 1.54) is 0 Å². The number of benzene rings is 1. The predicted molar refractivity (Wildman–Crippen MR) is 75.4 cm³/mol. The number of aromatic hydroxyl groups is 1. The van der Waals surface area contributed by atoms with Gasteiger partial charge in [0.1, 0.15) is 5.75 Å². The van der Waals surface area contributed by atoms with Gasteiger partial charge in [-0.2, -0.15) is 0 Å². The SMILES string of the molecule is CCCNC(=O)CN(C)Cc1cc(Br)ccc1O. The van der Waals surface area contributed by atoms with Crippen LogP contribution >= 0.6 is 15.9 Å². The molecule has 4 nitrogen and oxygen atoms in total. The van der Waals surface area contributed by atoms with Crippen LogP contribution < -0.4 is 5.32 Å². The highest BCUT2D eigenvalue weighted by molar-refractivity contribution is 9.10. The van der Waals surface area contributed by atoms with E-state index in [0.29, 0.717) is 19.6 Å². The number of hydrogen-bond acceptors (Lipinski definition) is 3. The summed E-state index contributed by atoms with van der Waals surface area (Å²) in [5.74, 6) is 0.257. The Morgan fingerprint density at radius 2 is 2.22 bits per heavy atom. The second-order valence-electron chi connectivity index (χ2n) is 4.30. The van der Waals surface area contributed by atoms with E-state index in [1.807, 2.05) is 24.9 Å². The standard InChI is InChI=1S/C13H19BrN2O2/c1-3-6-15-13(18)9-16(2)8-10-7-11(14)4-5-12(10)17/h4-5,7,17H,3,6,8-9H2,1-2H3,(H,15,18). The van der Waals surface area contributed by atoms with Crippen molar-refractivity contribution in [1.82, 2.24) is 10.2 Å². The van der Waals surface area contributed by atoms with Gasteiger partial charge in [-0.1, -0.05) is 22.9 Å². The molecule has 0 saturated heterocycles. The van der Waals surface area contributed by atoms with E-state index in [2.05, 4.69) is 21.2 Å². The second kappa shape index (κ2) is 7.38. The second-order valence-corrected chi connectivity index (χ2v) is 5.21. The van der Waals surface area contributed by atoms with Crippen molar-refractivity contribution in [3.05, 3.63) is 28.2 Å². The van der Waals surface area contributed by atoms with Gasteiger partial charge in [0.25, 0.3) is 0 Å². The van der Waals surface area contributed by atoms with E-state index in [1.54, 1.807) is 12.1 Å². The van der Waals surface area contributed by atoms with Gasteiger partial charge in [-0.15, -0.1) is 0 Å². The molecule has 2 N–H and O–H groups in total. The number of rotatable bonds is 6. The van der Waals surface area contributed by atoms with E-state index >= 15 is 0 Å². The Labute approximate surface area is 116 Å². The van der Waals surface area contributed by atoms with Gasteiger partial charge in [-0.3, -0.25) is 9.69 Å². The van der Waals surface area contributed by atoms with Crippen LogP contribution in [0.25, 0.3) is 0 Å². The van der Waals surface area contributed by atoms with Gasteiger partial charge in [0.2, 0.25) is 5.91 Å². The third kappa shape index (κ3) is 5.06. The van der Waals surface area contributed by atoms with Gasteiger partial charge in [-0.05, 0) is 31.7 Å². The lowest BCUT2D eigenvalue weighted by Gasteiger charge is -2.17. The lowest BCUT2D eigenvalue weighted by atomic mass is 10.2. The Hall–Kier alpha value is -1.07. The van der Waals surface area contributed by atoms with E-state index < -0.39 is 0 Å². The van der Waals surface area contributed by atoms with E-state index in [0.717, 1.165) is 16.5 Å². The Balaban J connectivity index is 2.51. The highest BCUT2D eigenvalue weighted by atomic mass is 79.9. The topological polar surface area (TPSA) is 52.6 Å². The van der Waals surface area contributed by atoms with Crippen molar-refractivity contribution in [1.29, 1.82) is 0 Å². The zero-order valence-electron chi connectivity index (χ0n) is 10.7. The first-order chi connectivity index (χ1) is 8.52. The molecule has 1 aromatic carbocycles. The van der Waals surface area contributed by atoms with Crippen molar-refractivity contribution < 1.29 is 9.90 Å². The average Bonchev–Trinajstić information content (AvgIpc) is 2.31. The maximum Gasteiger partial charge on any atom is 0.234 e. The van der Waals surface area contributed by atoms with E-state index in [9.17, 15) is 9.90 Å². The average molecular weight is 315 g/mol. The smallest absolute Gasteiger partial charge is 0.234 e. The minimum absolute atomic E-state index is 0.00818. The Bertz CT molecular complexity index is 410. The summed E-state index contributed by atoms with van der Waals surface area (Å²) in [5.41, 5.74) is 0.801. The fourth-order valence-electron chi connectivity index (χ4n) is 1.59. The monoisotopic (exact) mass is 314 g/mol. The Morgan fingerprint density at radius 3 is 2.89 bits per heavy atom. The number of carbonyl (C=O) groups is 1. The largest absolute Gasteiger partial charge is 0.508 e. The molecule has 1 aromatic rings. The molecule has 0 saturated carbocycles. The summed E-state index contributed by atoms with van der Waals surface area (Å²) < 4.78 is 0.916. The maximum absolute atomic E-state index is 11.5. The molecule has 0 aromatic heterocycles. The molecule has 0 atom stereocenters. The zero-order chi connectivity index (χ0) is 13.5. The van der Waals surface area contributed by atoms with Crippen LogP contribution in [0.15, 0.2) is 22.7 Å². The van der Waals surface area contributed by atoms with Crippen LogP contribution in [0, 0.1) is 0 Å². The lowest BCUT2D eigenvalue weighted by Crippen LogP contribution is -2.35. The van der Waals surface area contributed by atoms with Crippen LogP contribution in [0.2, 0.25) is 0 Å². The predicted octanol–water partition coefficient (Wildman–Crippen LogP) is 2.11. The number of nitrogens with one attached hydrogen (secondary N) is 1. The molecule has 100 valence electrons. The molecule has 0 bridgehead atoms. The van der Waals surface area contributed by atoms with Crippen molar-refractivity contribution in [3.8, 4) is 5.75 Å². The summed E-state index contributed by atoms with van der Waals surface area (Å²) in [6.07, 6.45) is 0.932.